The first-order valence-electron chi connectivity index (χ1n) is 8.90. The monoisotopic (exact) mass is 404 g/mol. The van der Waals surface area contributed by atoms with Crippen LogP contribution in [0.3, 0.4) is 0 Å². The highest BCUT2D eigenvalue weighted by molar-refractivity contribution is 6.35. The molecule has 0 saturated heterocycles. The summed E-state index contributed by atoms with van der Waals surface area (Å²) in [5, 5.41) is 7.27. The van der Waals surface area contributed by atoms with Crippen LogP contribution < -0.4 is 4.74 Å². The van der Waals surface area contributed by atoms with E-state index in [1.54, 1.807) is 11.1 Å². The van der Waals surface area contributed by atoms with Crippen LogP contribution in [-0.2, 0) is 4.79 Å². The van der Waals surface area contributed by atoms with Gasteiger partial charge in [-0.1, -0.05) is 41.4 Å². The smallest absolute Gasteiger partial charge is 0.243 e. The number of hydrazone groups is 1. The van der Waals surface area contributed by atoms with Gasteiger partial charge in [0.25, 0.3) is 0 Å². The van der Waals surface area contributed by atoms with E-state index in [0.29, 0.717) is 35.9 Å². The molecule has 142 valence electrons. The first-order valence-corrected chi connectivity index (χ1v) is 9.66. The molecule has 1 heterocycles. The predicted molar refractivity (Wildman–Crippen MR) is 110 cm³/mol. The second-order valence-corrected chi connectivity index (χ2v) is 8.04. The van der Waals surface area contributed by atoms with E-state index in [-0.39, 0.29) is 11.4 Å². The molecule has 0 spiro atoms. The first-order chi connectivity index (χ1) is 12.8. The summed E-state index contributed by atoms with van der Waals surface area (Å²) in [6, 6.07) is 14.9. The van der Waals surface area contributed by atoms with E-state index in [2.05, 4.69) is 5.10 Å². The summed E-state index contributed by atoms with van der Waals surface area (Å²) in [6.45, 7) is 4.51. The molecule has 6 heteroatoms. The van der Waals surface area contributed by atoms with Gasteiger partial charge in [-0.3, -0.25) is 4.79 Å². The Morgan fingerprint density at radius 1 is 1.15 bits per heavy atom. The number of carbonyl (C=O) groups excluding carboxylic acids is 1. The summed E-state index contributed by atoms with van der Waals surface area (Å²) in [5.41, 5.74) is 1.28. The lowest BCUT2D eigenvalue weighted by Gasteiger charge is -2.28. The molecule has 0 unspecified atom stereocenters. The number of carbonyl (C=O) groups is 1. The SMILES string of the molecule is CC1(C)CC(c2cc(Cl)cc(Cl)c2)=NN1C(=O)CCCOc1ccccc1. The Morgan fingerprint density at radius 2 is 1.81 bits per heavy atom. The second-order valence-electron chi connectivity index (χ2n) is 7.16. The van der Waals surface area contributed by atoms with Crippen molar-refractivity contribution < 1.29 is 9.53 Å². The van der Waals surface area contributed by atoms with E-state index in [1.807, 2.05) is 56.3 Å². The molecule has 0 aliphatic carbocycles. The van der Waals surface area contributed by atoms with Crippen LogP contribution in [0.2, 0.25) is 10.0 Å². The van der Waals surface area contributed by atoms with Crippen molar-refractivity contribution in [2.24, 2.45) is 5.10 Å². The molecule has 0 fully saturated rings. The Labute approximate surface area is 169 Å². The van der Waals surface area contributed by atoms with Gasteiger partial charge in [-0.2, -0.15) is 5.10 Å². The maximum atomic E-state index is 12.7. The van der Waals surface area contributed by atoms with Crippen molar-refractivity contribution in [2.45, 2.75) is 38.6 Å². The lowest BCUT2D eigenvalue weighted by atomic mass is 9.95. The molecule has 3 rings (SSSR count). The lowest BCUT2D eigenvalue weighted by molar-refractivity contribution is -0.135. The normalized spacial score (nSPS) is 15.6. The topological polar surface area (TPSA) is 41.9 Å². The van der Waals surface area contributed by atoms with Gasteiger partial charge in [0, 0.05) is 28.5 Å². The fraction of sp³-hybridized carbons (Fsp3) is 0.333. The van der Waals surface area contributed by atoms with Gasteiger partial charge < -0.3 is 4.74 Å². The second kappa shape index (κ2) is 8.32. The summed E-state index contributed by atoms with van der Waals surface area (Å²) >= 11 is 12.2. The van der Waals surface area contributed by atoms with Crippen molar-refractivity contribution in [1.82, 2.24) is 5.01 Å². The van der Waals surface area contributed by atoms with Gasteiger partial charge in [0.05, 0.1) is 17.9 Å². The molecule has 1 aliphatic heterocycles. The van der Waals surface area contributed by atoms with Gasteiger partial charge in [0.15, 0.2) is 0 Å². The van der Waals surface area contributed by atoms with Crippen LogP contribution in [0, 0.1) is 0 Å². The summed E-state index contributed by atoms with van der Waals surface area (Å²) < 4.78 is 5.65. The van der Waals surface area contributed by atoms with Crippen molar-refractivity contribution in [3.8, 4) is 5.75 Å². The van der Waals surface area contributed by atoms with Crippen LogP contribution in [0.4, 0.5) is 0 Å². The fourth-order valence-corrected chi connectivity index (χ4v) is 3.61. The van der Waals surface area contributed by atoms with E-state index in [4.69, 9.17) is 27.9 Å². The molecule has 0 radical (unpaired) electrons. The predicted octanol–water partition coefficient (Wildman–Crippen LogP) is 5.57. The Morgan fingerprint density at radius 3 is 2.48 bits per heavy atom. The maximum Gasteiger partial charge on any atom is 0.243 e. The Kier molecular flexibility index (Phi) is 6.08. The first kappa shape index (κ1) is 19.7. The highest BCUT2D eigenvalue weighted by Crippen LogP contribution is 2.32. The van der Waals surface area contributed by atoms with Gasteiger partial charge in [0.1, 0.15) is 5.75 Å². The van der Waals surface area contributed by atoms with E-state index < -0.39 is 0 Å². The molecule has 0 saturated carbocycles. The number of benzene rings is 2. The van der Waals surface area contributed by atoms with Gasteiger partial charge >= 0.3 is 0 Å². The van der Waals surface area contributed by atoms with Crippen molar-refractivity contribution in [2.75, 3.05) is 6.61 Å². The van der Waals surface area contributed by atoms with E-state index in [0.717, 1.165) is 17.0 Å². The summed E-state index contributed by atoms with van der Waals surface area (Å²) in [4.78, 5) is 12.7. The van der Waals surface area contributed by atoms with Crippen molar-refractivity contribution >= 4 is 34.8 Å². The number of rotatable bonds is 6. The molecule has 0 bridgehead atoms. The fourth-order valence-electron chi connectivity index (χ4n) is 3.09. The van der Waals surface area contributed by atoms with E-state index >= 15 is 0 Å². The number of ether oxygens (including phenoxy) is 1. The van der Waals surface area contributed by atoms with Crippen molar-refractivity contribution in [1.29, 1.82) is 0 Å². The Hall–Kier alpha value is -2.04. The van der Waals surface area contributed by atoms with Crippen LogP contribution in [0.1, 0.15) is 38.7 Å². The number of amides is 1. The van der Waals surface area contributed by atoms with Crippen LogP contribution in [-0.4, -0.2) is 28.8 Å². The Balaban J connectivity index is 1.62. The molecule has 1 aliphatic rings. The van der Waals surface area contributed by atoms with Gasteiger partial charge in [-0.05, 0) is 50.6 Å². The minimum atomic E-state index is -0.387. The zero-order valence-electron chi connectivity index (χ0n) is 15.4. The Bertz CT molecular complexity index is 830. The number of halogens is 2. The molecule has 2 aromatic carbocycles. The zero-order chi connectivity index (χ0) is 19.4. The minimum absolute atomic E-state index is 0.0141. The molecule has 1 amide bonds. The van der Waals surface area contributed by atoms with Crippen LogP contribution >= 0.6 is 23.2 Å². The van der Waals surface area contributed by atoms with E-state index in [1.165, 1.54) is 0 Å². The minimum Gasteiger partial charge on any atom is -0.494 e. The van der Waals surface area contributed by atoms with Crippen molar-refractivity contribution in [3.63, 3.8) is 0 Å². The molecule has 4 nitrogen and oxygen atoms in total. The highest BCUT2D eigenvalue weighted by atomic mass is 35.5. The van der Waals surface area contributed by atoms with Crippen LogP contribution in [0.25, 0.3) is 0 Å². The molecule has 0 aromatic heterocycles. The molecule has 0 atom stereocenters. The number of hydrogen-bond donors (Lipinski definition) is 0. The average Bonchev–Trinajstić information content (AvgIpc) is 2.94. The number of hydrogen-bond acceptors (Lipinski definition) is 3. The molecule has 2 aromatic rings. The summed E-state index contributed by atoms with van der Waals surface area (Å²) in [6.07, 6.45) is 1.66. The lowest BCUT2D eigenvalue weighted by Crippen LogP contribution is -2.40. The van der Waals surface area contributed by atoms with Crippen LogP contribution in [0.15, 0.2) is 53.6 Å². The third-order valence-electron chi connectivity index (χ3n) is 4.37. The largest absolute Gasteiger partial charge is 0.494 e. The molecule has 27 heavy (non-hydrogen) atoms. The standard InChI is InChI=1S/C21H22Cl2N2O2/c1-21(2)14-19(15-11-16(22)13-17(23)12-15)24-25(21)20(26)9-6-10-27-18-7-4-3-5-8-18/h3-5,7-8,11-13H,6,9-10,14H2,1-2H3. The molecular formula is C21H22Cl2N2O2. The van der Waals surface area contributed by atoms with Gasteiger partial charge in [0.2, 0.25) is 5.91 Å². The average molecular weight is 405 g/mol. The number of nitrogens with zero attached hydrogens (tertiary/aromatic N) is 2. The molecular weight excluding hydrogens is 383 g/mol. The zero-order valence-corrected chi connectivity index (χ0v) is 16.9. The molecule has 0 N–H and O–H groups in total. The maximum absolute atomic E-state index is 12.7. The quantitative estimate of drug-likeness (QED) is 0.590. The summed E-state index contributed by atoms with van der Waals surface area (Å²) in [5.74, 6) is 0.796. The summed E-state index contributed by atoms with van der Waals surface area (Å²) in [7, 11) is 0. The van der Waals surface area contributed by atoms with Crippen molar-refractivity contribution in [3.05, 3.63) is 64.1 Å². The van der Waals surface area contributed by atoms with Gasteiger partial charge in [-0.25, -0.2) is 5.01 Å². The number of para-hydroxylation sites is 1. The highest BCUT2D eigenvalue weighted by Gasteiger charge is 2.38. The van der Waals surface area contributed by atoms with Gasteiger partial charge in [-0.15, -0.1) is 0 Å². The van der Waals surface area contributed by atoms with Crippen LogP contribution in [0.5, 0.6) is 5.75 Å². The van der Waals surface area contributed by atoms with E-state index in [9.17, 15) is 4.79 Å². The third-order valence-corrected chi connectivity index (χ3v) is 4.81. The third kappa shape index (κ3) is 5.02.